The van der Waals surface area contributed by atoms with E-state index in [1.165, 1.54) is 11.1 Å². The summed E-state index contributed by atoms with van der Waals surface area (Å²) in [5, 5.41) is 14.1. The van der Waals surface area contributed by atoms with Gasteiger partial charge in [-0.3, -0.25) is 0 Å². The average molecular weight is 290 g/mol. The minimum absolute atomic E-state index is 0.856. The minimum Gasteiger partial charge on any atom is -0.186 e. The summed E-state index contributed by atoms with van der Waals surface area (Å²) in [5.74, 6) is 2.86. The molecular weight excluding hydrogens is 276 g/mol. The van der Waals surface area contributed by atoms with Gasteiger partial charge in [0.2, 0.25) is 4.96 Å². The molecule has 0 bridgehead atoms. The summed E-state index contributed by atoms with van der Waals surface area (Å²) < 4.78 is 1.87. The molecule has 4 nitrogen and oxygen atoms in total. The molecule has 3 rings (SSSR count). The van der Waals surface area contributed by atoms with E-state index < -0.39 is 0 Å². The third-order valence-corrected chi connectivity index (χ3v) is 4.67. The predicted octanol–water partition coefficient (Wildman–Crippen LogP) is 3.41. The van der Waals surface area contributed by atoms with Gasteiger partial charge in [-0.2, -0.15) is 21.4 Å². The molecule has 6 heteroatoms. The molecule has 0 fully saturated rings. The fourth-order valence-corrected chi connectivity index (χ4v) is 3.38. The van der Waals surface area contributed by atoms with Crippen LogP contribution in [0.4, 0.5) is 0 Å². The molecule has 0 saturated heterocycles. The van der Waals surface area contributed by atoms with Gasteiger partial charge in [0.15, 0.2) is 5.82 Å². The summed E-state index contributed by atoms with van der Waals surface area (Å²) in [6, 6.07) is 8.29. The van der Waals surface area contributed by atoms with Gasteiger partial charge < -0.3 is 0 Å². The summed E-state index contributed by atoms with van der Waals surface area (Å²) in [5.41, 5.74) is 2.41. The lowest BCUT2D eigenvalue weighted by Crippen LogP contribution is -1.94. The van der Waals surface area contributed by atoms with Gasteiger partial charge in [0.1, 0.15) is 5.01 Å². The van der Waals surface area contributed by atoms with E-state index in [9.17, 15) is 0 Å². The highest BCUT2D eigenvalue weighted by atomic mass is 32.2. The summed E-state index contributed by atoms with van der Waals surface area (Å²) in [4.78, 5) is 0.866. The van der Waals surface area contributed by atoms with Gasteiger partial charge in [0.25, 0.3) is 0 Å². The molecule has 0 aliphatic heterocycles. The third kappa shape index (κ3) is 2.37. The van der Waals surface area contributed by atoms with Crippen molar-refractivity contribution in [1.82, 2.24) is 19.8 Å². The van der Waals surface area contributed by atoms with Gasteiger partial charge in [-0.05, 0) is 18.2 Å². The number of aryl methyl sites for hydroxylation is 1. The van der Waals surface area contributed by atoms with E-state index in [0.717, 1.165) is 27.3 Å². The van der Waals surface area contributed by atoms with Crippen LogP contribution in [0.3, 0.4) is 0 Å². The Kier molecular flexibility index (Phi) is 3.52. The first-order valence-corrected chi connectivity index (χ1v) is 8.11. The SMILES string of the molecule is CCSCc1nnc2sc(-c3ccccc3C)nn12. The van der Waals surface area contributed by atoms with Crippen molar-refractivity contribution in [1.29, 1.82) is 0 Å². The van der Waals surface area contributed by atoms with Crippen LogP contribution in [0.5, 0.6) is 0 Å². The first-order valence-electron chi connectivity index (χ1n) is 6.14. The molecule has 3 aromatic rings. The number of hydrogen-bond donors (Lipinski definition) is 0. The maximum absolute atomic E-state index is 4.65. The van der Waals surface area contributed by atoms with Crippen molar-refractivity contribution in [2.75, 3.05) is 5.75 Å². The maximum Gasteiger partial charge on any atom is 0.235 e. The molecule has 1 aromatic carbocycles. The van der Waals surface area contributed by atoms with Crippen LogP contribution in [0.1, 0.15) is 18.3 Å². The first-order chi connectivity index (χ1) is 9.29. The predicted molar refractivity (Wildman–Crippen MR) is 80.7 cm³/mol. The minimum atomic E-state index is 0.856. The molecule has 0 saturated carbocycles. The molecule has 0 unspecified atom stereocenters. The molecule has 2 aromatic heterocycles. The van der Waals surface area contributed by atoms with E-state index in [1.54, 1.807) is 11.3 Å². The monoisotopic (exact) mass is 290 g/mol. The molecule has 98 valence electrons. The Hall–Kier alpha value is -1.40. The Balaban J connectivity index is 2.03. The van der Waals surface area contributed by atoms with E-state index in [-0.39, 0.29) is 0 Å². The topological polar surface area (TPSA) is 43.1 Å². The van der Waals surface area contributed by atoms with Crippen LogP contribution in [0.2, 0.25) is 0 Å². The van der Waals surface area contributed by atoms with E-state index >= 15 is 0 Å². The Labute approximate surface area is 119 Å². The van der Waals surface area contributed by atoms with Crippen LogP contribution in [0.25, 0.3) is 15.5 Å². The molecule has 0 aliphatic carbocycles. The van der Waals surface area contributed by atoms with E-state index in [4.69, 9.17) is 0 Å². The summed E-state index contributed by atoms with van der Waals surface area (Å²) >= 11 is 3.42. The van der Waals surface area contributed by atoms with Gasteiger partial charge in [-0.25, -0.2) is 0 Å². The molecule has 0 atom stereocenters. The quantitative estimate of drug-likeness (QED) is 0.738. The second-order valence-electron chi connectivity index (χ2n) is 4.17. The van der Waals surface area contributed by atoms with Crippen molar-refractivity contribution in [3.63, 3.8) is 0 Å². The van der Waals surface area contributed by atoms with E-state index in [0.29, 0.717) is 0 Å². The number of aromatic nitrogens is 4. The fourth-order valence-electron chi connectivity index (χ4n) is 1.86. The van der Waals surface area contributed by atoms with Crippen LogP contribution < -0.4 is 0 Å². The standard InChI is InChI=1S/C13H14N4S2/c1-3-18-8-11-14-15-13-17(11)16-12(19-13)10-7-5-4-6-9(10)2/h4-7H,3,8H2,1-2H3. The van der Waals surface area contributed by atoms with Crippen LogP contribution in [0.15, 0.2) is 24.3 Å². The first kappa shape index (κ1) is 12.6. The normalized spacial score (nSPS) is 11.3. The fraction of sp³-hybridized carbons (Fsp3) is 0.308. The van der Waals surface area contributed by atoms with Crippen LogP contribution in [-0.4, -0.2) is 25.6 Å². The number of nitrogens with zero attached hydrogens (tertiary/aromatic N) is 4. The smallest absolute Gasteiger partial charge is 0.186 e. The second-order valence-corrected chi connectivity index (χ2v) is 6.40. The lowest BCUT2D eigenvalue weighted by atomic mass is 10.1. The number of rotatable bonds is 4. The molecule has 0 aliphatic rings. The Bertz CT molecular complexity index is 702. The number of benzene rings is 1. The van der Waals surface area contributed by atoms with Gasteiger partial charge in [-0.1, -0.05) is 42.5 Å². The maximum atomic E-state index is 4.65. The zero-order valence-electron chi connectivity index (χ0n) is 10.8. The van der Waals surface area contributed by atoms with Crippen molar-refractivity contribution < 1.29 is 0 Å². The molecule has 0 N–H and O–H groups in total. The van der Waals surface area contributed by atoms with Gasteiger partial charge in [0, 0.05) is 5.56 Å². The Morgan fingerprint density at radius 2 is 2.11 bits per heavy atom. The number of hydrogen-bond acceptors (Lipinski definition) is 5. The molecular formula is C13H14N4S2. The van der Waals surface area contributed by atoms with E-state index in [2.05, 4.69) is 41.3 Å². The van der Waals surface area contributed by atoms with Gasteiger partial charge in [-0.15, -0.1) is 10.2 Å². The van der Waals surface area contributed by atoms with E-state index in [1.807, 2.05) is 28.4 Å². The van der Waals surface area contributed by atoms with Crippen molar-refractivity contribution >= 4 is 28.1 Å². The van der Waals surface area contributed by atoms with Crippen molar-refractivity contribution in [3.8, 4) is 10.6 Å². The highest BCUT2D eigenvalue weighted by Crippen LogP contribution is 2.28. The summed E-state index contributed by atoms with van der Waals surface area (Å²) in [6.07, 6.45) is 0. The zero-order chi connectivity index (χ0) is 13.2. The van der Waals surface area contributed by atoms with Crippen molar-refractivity contribution in [3.05, 3.63) is 35.7 Å². The number of thioether (sulfide) groups is 1. The second kappa shape index (κ2) is 5.30. The summed E-state index contributed by atoms with van der Waals surface area (Å²) in [6.45, 7) is 4.24. The van der Waals surface area contributed by atoms with Crippen LogP contribution in [-0.2, 0) is 5.75 Å². The highest BCUT2D eigenvalue weighted by molar-refractivity contribution is 7.98. The molecule has 0 amide bonds. The van der Waals surface area contributed by atoms with Crippen LogP contribution in [0, 0.1) is 6.92 Å². The molecule has 0 radical (unpaired) electrons. The third-order valence-electron chi connectivity index (χ3n) is 2.87. The Morgan fingerprint density at radius 1 is 1.26 bits per heavy atom. The molecule has 19 heavy (non-hydrogen) atoms. The van der Waals surface area contributed by atoms with Crippen LogP contribution >= 0.6 is 23.1 Å². The van der Waals surface area contributed by atoms with Crippen molar-refractivity contribution in [2.24, 2.45) is 0 Å². The average Bonchev–Trinajstić information content (AvgIpc) is 2.97. The molecule has 2 heterocycles. The van der Waals surface area contributed by atoms with Gasteiger partial charge >= 0.3 is 0 Å². The lowest BCUT2D eigenvalue weighted by molar-refractivity contribution is 0.887. The van der Waals surface area contributed by atoms with Gasteiger partial charge in [0.05, 0.1) is 5.75 Å². The lowest BCUT2D eigenvalue weighted by Gasteiger charge is -1.99. The van der Waals surface area contributed by atoms with Crippen molar-refractivity contribution in [2.45, 2.75) is 19.6 Å². The Morgan fingerprint density at radius 3 is 2.89 bits per heavy atom. The summed E-state index contributed by atoms with van der Waals surface area (Å²) in [7, 11) is 0. The highest BCUT2D eigenvalue weighted by Gasteiger charge is 2.13. The number of fused-ring (bicyclic) bond motifs is 1. The largest absolute Gasteiger partial charge is 0.235 e. The molecule has 0 spiro atoms. The zero-order valence-corrected chi connectivity index (χ0v) is 12.5.